The van der Waals surface area contributed by atoms with Crippen LogP contribution in [0.2, 0.25) is 0 Å². The number of hydrazine groups is 1. The van der Waals surface area contributed by atoms with Crippen LogP contribution in [0.3, 0.4) is 0 Å². The van der Waals surface area contributed by atoms with Crippen molar-refractivity contribution in [1.29, 1.82) is 0 Å². The molecule has 0 spiro atoms. The van der Waals surface area contributed by atoms with Crippen LogP contribution in [0.25, 0.3) is 0 Å². The zero-order chi connectivity index (χ0) is 6.97. The molecule has 0 aliphatic carbocycles. The standard InChI is InChI=1S/C7H8N2O/c10-5-6-4-7-2-1-3-9(7)8-6/h1,3-6,8H,2H2. The molecule has 0 aromatic rings. The highest BCUT2D eigenvalue weighted by molar-refractivity contribution is 5.62. The van der Waals surface area contributed by atoms with Crippen LogP contribution < -0.4 is 5.43 Å². The van der Waals surface area contributed by atoms with E-state index in [0.29, 0.717) is 0 Å². The van der Waals surface area contributed by atoms with E-state index >= 15 is 0 Å². The highest BCUT2D eigenvalue weighted by atomic mass is 16.1. The van der Waals surface area contributed by atoms with Crippen molar-refractivity contribution in [2.75, 3.05) is 0 Å². The fourth-order valence-electron chi connectivity index (χ4n) is 1.22. The Morgan fingerprint density at radius 3 is 3.40 bits per heavy atom. The van der Waals surface area contributed by atoms with Crippen molar-refractivity contribution in [2.24, 2.45) is 0 Å². The van der Waals surface area contributed by atoms with Gasteiger partial charge in [0.05, 0.1) is 0 Å². The van der Waals surface area contributed by atoms with Crippen LogP contribution in [0, 0.1) is 0 Å². The summed E-state index contributed by atoms with van der Waals surface area (Å²) in [5.41, 5.74) is 4.17. The van der Waals surface area contributed by atoms with Gasteiger partial charge in [-0.2, -0.15) is 0 Å². The van der Waals surface area contributed by atoms with Gasteiger partial charge in [0.1, 0.15) is 12.3 Å². The summed E-state index contributed by atoms with van der Waals surface area (Å²) < 4.78 is 0. The van der Waals surface area contributed by atoms with Gasteiger partial charge in [-0.1, -0.05) is 6.08 Å². The third-order valence-corrected chi connectivity index (χ3v) is 1.70. The summed E-state index contributed by atoms with van der Waals surface area (Å²) in [7, 11) is 0. The minimum Gasteiger partial charge on any atom is -0.301 e. The Morgan fingerprint density at radius 1 is 1.80 bits per heavy atom. The lowest BCUT2D eigenvalue weighted by Crippen LogP contribution is -2.32. The molecule has 2 heterocycles. The molecule has 52 valence electrons. The SMILES string of the molecule is O=CC1C=C2CC=CN2N1. The quantitative estimate of drug-likeness (QED) is 0.522. The van der Waals surface area contributed by atoms with Gasteiger partial charge in [0.2, 0.25) is 0 Å². The molecule has 0 aromatic heterocycles. The van der Waals surface area contributed by atoms with Gasteiger partial charge >= 0.3 is 0 Å². The summed E-state index contributed by atoms with van der Waals surface area (Å²) in [6, 6.07) is -0.111. The fraction of sp³-hybridized carbons (Fsp3) is 0.286. The van der Waals surface area contributed by atoms with Gasteiger partial charge in [-0.3, -0.25) is 5.01 Å². The van der Waals surface area contributed by atoms with Crippen molar-refractivity contribution in [1.82, 2.24) is 10.4 Å². The molecule has 2 aliphatic rings. The number of fused-ring (bicyclic) bond motifs is 1. The first kappa shape index (κ1) is 5.68. The predicted octanol–water partition coefficient (Wildman–Crippen LogP) is 0.175. The monoisotopic (exact) mass is 136 g/mol. The van der Waals surface area contributed by atoms with E-state index < -0.39 is 0 Å². The summed E-state index contributed by atoms with van der Waals surface area (Å²) >= 11 is 0. The Morgan fingerprint density at radius 2 is 2.70 bits per heavy atom. The van der Waals surface area contributed by atoms with E-state index in [9.17, 15) is 4.79 Å². The average Bonchev–Trinajstić information content (AvgIpc) is 2.42. The van der Waals surface area contributed by atoms with Crippen molar-refractivity contribution in [2.45, 2.75) is 12.5 Å². The topological polar surface area (TPSA) is 32.3 Å². The number of hydrogen-bond acceptors (Lipinski definition) is 3. The molecule has 3 nitrogen and oxygen atoms in total. The minimum absolute atomic E-state index is 0.111. The van der Waals surface area contributed by atoms with Crippen molar-refractivity contribution >= 4 is 6.29 Å². The number of rotatable bonds is 1. The molecule has 0 radical (unpaired) electrons. The van der Waals surface area contributed by atoms with Gasteiger partial charge in [-0.15, -0.1) is 0 Å². The first-order valence-electron chi connectivity index (χ1n) is 3.28. The Kier molecular flexibility index (Phi) is 1.11. The highest BCUT2D eigenvalue weighted by Gasteiger charge is 2.21. The van der Waals surface area contributed by atoms with Crippen LogP contribution >= 0.6 is 0 Å². The maximum absolute atomic E-state index is 10.3. The maximum Gasteiger partial charge on any atom is 0.142 e. The van der Waals surface area contributed by atoms with Crippen LogP contribution in [0.4, 0.5) is 0 Å². The van der Waals surface area contributed by atoms with E-state index in [0.717, 1.165) is 12.7 Å². The first-order chi connectivity index (χ1) is 4.90. The van der Waals surface area contributed by atoms with Crippen LogP contribution in [0.1, 0.15) is 6.42 Å². The van der Waals surface area contributed by atoms with E-state index in [1.165, 1.54) is 5.70 Å². The number of carbonyl (C=O) groups is 1. The summed E-state index contributed by atoms with van der Waals surface area (Å²) in [5, 5.41) is 1.89. The predicted molar refractivity (Wildman–Crippen MR) is 36.7 cm³/mol. The lowest BCUT2D eigenvalue weighted by atomic mass is 10.2. The minimum atomic E-state index is -0.111. The third kappa shape index (κ3) is 0.675. The summed E-state index contributed by atoms with van der Waals surface area (Å²) in [4.78, 5) is 10.3. The number of aldehydes is 1. The molecule has 1 N–H and O–H groups in total. The number of allylic oxidation sites excluding steroid dienone is 1. The maximum atomic E-state index is 10.3. The fourth-order valence-corrected chi connectivity index (χ4v) is 1.22. The summed E-state index contributed by atoms with van der Waals surface area (Å²) in [5.74, 6) is 0. The number of carbonyl (C=O) groups excluding carboxylic acids is 1. The molecule has 0 bridgehead atoms. The van der Waals surface area contributed by atoms with E-state index in [1.807, 2.05) is 17.3 Å². The molecule has 2 rings (SSSR count). The smallest absolute Gasteiger partial charge is 0.142 e. The Bertz CT molecular complexity index is 220. The van der Waals surface area contributed by atoms with E-state index in [4.69, 9.17) is 0 Å². The molecule has 0 saturated carbocycles. The van der Waals surface area contributed by atoms with Crippen LogP contribution in [-0.2, 0) is 4.79 Å². The van der Waals surface area contributed by atoms with Crippen molar-refractivity contribution < 1.29 is 4.79 Å². The third-order valence-electron chi connectivity index (χ3n) is 1.70. The zero-order valence-electron chi connectivity index (χ0n) is 5.45. The second-order valence-corrected chi connectivity index (χ2v) is 2.41. The number of nitrogens with zero attached hydrogens (tertiary/aromatic N) is 1. The molecule has 1 unspecified atom stereocenters. The normalized spacial score (nSPS) is 28.6. The molecule has 0 aromatic carbocycles. The Hall–Kier alpha value is -1.09. The van der Waals surface area contributed by atoms with Gasteiger partial charge in [0.25, 0.3) is 0 Å². The van der Waals surface area contributed by atoms with Gasteiger partial charge in [-0.05, 0) is 6.08 Å². The Labute approximate surface area is 59.0 Å². The number of hydrogen-bond donors (Lipinski definition) is 1. The average molecular weight is 136 g/mol. The van der Waals surface area contributed by atoms with Crippen molar-refractivity contribution in [3.8, 4) is 0 Å². The Balaban J connectivity index is 2.18. The van der Waals surface area contributed by atoms with E-state index in [-0.39, 0.29) is 6.04 Å². The van der Waals surface area contributed by atoms with Gasteiger partial charge in [-0.25, -0.2) is 5.43 Å². The highest BCUT2D eigenvalue weighted by Crippen LogP contribution is 2.20. The van der Waals surface area contributed by atoms with Crippen LogP contribution in [-0.4, -0.2) is 17.3 Å². The van der Waals surface area contributed by atoms with E-state index in [1.54, 1.807) is 0 Å². The largest absolute Gasteiger partial charge is 0.301 e. The van der Waals surface area contributed by atoms with Crippen LogP contribution in [0.15, 0.2) is 24.0 Å². The summed E-state index contributed by atoms with van der Waals surface area (Å²) in [6.45, 7) is 0. The van der Waals surface area contributed by atoms with Crippen molar-refractivity contribution in [3.63, 3.8) is 0 Å². The molecule has 10 heavy (non-hydrogen) atoms. The van der Waals surface area contributed by atoms with Crippen molar-refractivity contribution in [3.05, 3.63) is 24.0 Å². The molecule has 0 fully saturated rings. The molecular weight excluding hydrogens is 128 g/mol. The molecule has 2 aliphatic heterocycles. The molecule has 1 atom stereocenters. The zero-order valence-corrected chi connectivity index (χ0v) is 5.45. The summed E-state index contributed by atoms with van der Waals surface area (Å²) in [6.07, 6.45) is 7.78. The van der Waals surface area contributed by atoms with Gasteiger partial charge < -0.3 is 4.79 Å². The molecular formula is C7H8N2O. The molecule has 0 amide bonds. The van der Waals surface area contributed by atoms with Gasteiger partial charge in [0.15, 0.2) is 0 Å². The van der Waals surface area contributed by atoms with Gasteiger partial charge in [0, 0.05) is 18.3 Å². The second-order valence-electron chi connectivity index (χ2n) is 2.41. The molecule has 3 heteroatoms. The lowest BCUT2D eigenvalue weighted by Gasteiger charge is -2.11. The lowest BCUT2D eigenvalue weighted by molar-refractivity contribution is -0.109. The molecule has 0 saturated heterocycles. The van der Waals surface area contributed by atoms with Crippen LogP contribution in [0.5, 0.6) is 0 Å². The van der Waals surface area contributed by atoms with E-state index in [2.05, 4.69) is 11.5 Å². The number of nitrogens with one attached hydrogen (secondary N) is 1. The first-order valence-corrected chi connectivity index (χ1v) is 3.28. The second kappa shape index (κ2) is 1.95.